The van der Waals surface area contributed by atoms with Crippen LogP contribution in [0.2, 0.25) is 0 Å². The molecule has 0 aliphatic rings. The number of nitrogens with zero attached hydrogens (tertiary/aromatic N) is 2. The fourth-order valence-electron chi connectivity index (χ4n) is 1.65. The first-order valence-electron chi connectivity index (χ1n) is 6.58. The lowest BCUT2D eigenvalue weighted by Gasteiger charge is -2.19. The highest BCUT2D eigenvalue weighted by Gasteiger charge is 2.12. The van der Waals surface area contributed by atoms with Crippen molar-refractivity contribution in [3.05, 3.63) is 30.2 Å². The average molecular weight is 267 g/mol. The van der Waals surface area contributed by atoms with Crippen LogP contribution in [0, 0.1) is 0 Å². The second kappa shape index (κ2) is 7.43. The first kappa shape index (κ1) is 15.9. The molecule has 0 radical (unpaired) electrons. The van der Waals surface area contributed by atoms with E-state index in [1.807, 2.05) is 12.1 Å². The minimum atomic E-state index is 0.0604. The molecule has 0 aliphatic heterocycles. The summed E-state index contributed by atoms with van der Waals surface area (Å²) in [6.45, 7) is 12.8. The molecule has 1 rings (SSSR count). The number of rotatable bonds is 8. The molecule has 0 bridgehead atoms. The van der Waals surface area contributed by atoms with E-state index < -0.39 is 0 Å². The largest absolute Gasteiger partial charge is 0.395 e. The predicted octanol–water partition coefficient (Wildman–Crippen LogP) is 1.54. The third kappa shape index (κ3) is 6.52. The van der Waals surface area contributed by atoms with Gasteiger partial charge in [0.2, 0.25) is 0 Å². The molecular formula is C14H25N3O2. The molecule has 5 heteroatoms. The van der Waals surface area contributed by atoms with Gasteiger partial charge in [-0.1, -0.05) is 11.2 Å². The number of aromatic nitrogens is 1. The van der Waals surface area contributed by atoms with Crippen LogP contribution in [-0.2, 0) is 13.1 Å². The molecule has 1 aromatic heterocycles. The van der Waals surface area contributed by atoms with Crippen molar-refractivity contribution in [1.82, 2.24) is 15.4 Å². The summed E-state index contributed by atoms with van der Waals surface area (Å²) in [6, 6.07) is 1.95. The molecule has 0 saturated carbocycles. The van der Waals surface area contributed by atoms with Gasteiger partial charge < -0.3 is 14.9 Å². The Kier molecular flexibility index (Phi) is 6.21. The van der Waals surface area contributed by atoms with E-state index in [-0.39, 0.29) is 12.1 Å². The van der Waals surface area contributed by atoms with Gasteiger partial charge >= 0.3 is 0 Å². The summed E-state index contributed by atoms with van der Waals surface area (Å²) in [4.78, 5) is 2.05. The molecule has 19 heavy (non-hydrogen) atoms. The van der Waals surface area contributed by atoms with Gasteiger partial charge in [0.05, 0.1) is 18.8 Å². The van der Waals surface area contributed by atoms with E-state index in [4.69, 9.17) is 9.63 Å². The molecule has 2 N–H and O–H groups in total. The third-order valence-corrected chi connectivity index (χ3v) is 2.59. The van der Waals surface area contributed by atoms with Crippen molar-refractivity contribution in [1.29, 1.82) is 0 Å². The topological polar surface area (TPSA) is 61.5 Å². The lowest BCUT2D eigenvalue weighted by Crippen LogP contribution is -2.35. The zero-order valence-electron chi connectivity index (χ0n) is 12.1. The summed E-state index contributed by atoms with van der Waals surface area (Å²) in [7, 11) is 0. The fraction of sp³-hybridized carbons (Fsp3) is 0.643. The van der Waals surface area contributed by atoms with Crippen molar-refractivity contribution < 1.29 is 9.63 Å². The minimum absolute atomic E-state index is 0.0604. The maximum absolute atomic E-state index is 8.99. The van der Waals surface area contributed by atoms with Crippen molar-refractivity contribution in [3.8, 4) is 0 Å². The summed E-state index contributed by atoms with van der Waals surface area (Å²) >= 11 is 0. The SMILES string of the molecule is C=CCN(CCO)Cc1cc(CNC(C)(C)C)no1. The quantitative estimate of drug-likeness (QED) is 0.700. The fourth-order valence-corrected chi connectivity index (χ4v) is 1.65. The standard InChI is InChI=1S/C14H25N3O2/c1-5-6-17(7-8-18)11-13-9-12(16-19-13)10-15-14(2,3)4/h5,9,15,18H,1,6-8,10-11H2,2-4H3. The normalized spacial score (nSPS) is 12.1. The average Bonchev–Trinajstić information content (AvgIpc) is 2.74. The van der Waals surface area contributed by atoms with Gasteiger partial charge in [0, 0.05) is 31.2 Å². The highest BCUT2D eigenvalue weighted by Crippen LogP contribution is 2.09. The van der Waals surface area contributed by atoms with Crippen LogP contribution in [0.5, 0.6) is 0 Å². The highest BCUT2D eigenvalue weighted by atomic mass is 16.5. The van der Waals surface area contributed by atoms with Crippen molar-refractivity contribution in [2.75, 3.05) is 19.7 Å². The molecule has 0 atom stereocenters. The molecule has 0 spiro atoms. The van der Waals surface area contributed by atoms with Crippen molar-refractivity contribution in [2.24, 2.45) is 0 Å². The van der Waals surface area contributed by atoms with E-state index in [0.29, 0.717) is 19.6 Å². The van der Waals surface area contributed by atoms with Crippen LogP contribution in [0.15, 0.2) is 23.2 Å². The first-order chi connectivity index (χ1) is 8.94. The summed E-state index contributed by atoms with van der Waals surface area (Å²) in [6.07, 6.45) is 1.81. The molecular weight excluding hydrogens is 242 g/mol. The Morgan fingerprint density at radius 3 is 2.84 bits per heavy atom. The van der Waals surface area contributed by atoms with Crippen LogP contribution in [-0.4, -0.2) is 40.4 Å². The third-order valence-electron chi connectivity index (χ3n) is 2.59. The Morgan fingerprint density at radius 2 is 2.26 bits per heavy atom. The molecule has 0 fully saturated rings. The van der Waals surface area contributed by atoms with Gasteiger partial charge in [-0.2, -0.15) is 0 Å². The van der Waals surface area contributed by atoms with Crippen molar-refractivity contribution >= 4 is 0 Å². The second-order valence-corrected chi connectivity index (χ2v) is 5.64. The molecule has 0 amide bonds. The number of hydrogen-bond donors (Lipinski definition) is 2. The van der Waals surface area contributed by atoms with Crippen molar-refractivity contribution in [2.45, 2.75) is 39.4 Å². The Bertz CT molecular complexity index is 382. The maximum Gasteiger partial charge on any atom is 0.151 e. The van der Waals surface area contributed by atoms with Crippen LogP contribution >= 0.6 is 0 Å². The Morgan fingerprint density at radius 1 is 1.53 bits per heavy atom. The van der Waals surface area contributed by atoms with Gasteiger partial charge in [-0.15, -0.1) is 6.58 Å². The molecule has 0 aliphatic carbocycles. The molecule has 0 aromatic carbocycles. The Balaban J connectivity index is 2.51. The van der Waals surface area contributed by atoms with Crippen LogP contribution in [0.4, 0.5) is 0 Å². The lowest BCUT2D eigenvalue weighted by atomic mass is 10.1. The summed E-state index contributed by atoms with van der Waals surface area (Å²) in [5.41, 5.74) is 0.956. The molecule has 108 valence electrons. The van der Waals surface area contributed by atoms with E-state index in [9.17, 15) is 0 Å². The van der Waals surface area contributed by atoms with Gasteiger partial charge in [-0.25, -0.2) is 0 Å². The smallest absolute Gasteiger partial charge is 0.151 e. The zero-order valence-corrected chi connectivity index (χ0v) is 12.1. The number of hydrogen-bond acceptors (Lipinski definition) is 5. The van der Waals surface area contributed by atoms with Gasteiger partial charge in [0.1, 0.15) is 0 Å². The van der Waals surface area contributed by atoms with E-state index >= 15 is 0 Å². The van der Waals surface area contributed by atoms with Gasteiger partial charge in [0.25, 0.3) is 0 Å². The van der Waals surface area contributed by atoms with Crippen molar-refractivity contribution in [3.63, 3.8) is 0 Å². The molecule has 5 nitrogen and oxygen atoms in total. The number of aliphatic hydroxyl groups excluding tert-OH is 1. The highest BCUT2D eigenvalue weighted by molar-refractivity contribution is 5.05. The first-order valence-corrected chi connectivity index (χ1v) is 6.58. The lowest BCUT2D eigenvalue weighted by molar-refractivity contribution is 0.189. The molecule has 1 heterocycles. The van der Waals surface area contributed by atoms with Gasteiger partial charge in [0.15, 0.2) is 5.76 Å². The number of nitrogens with one attached hydrogen (secondary N) is 1. The van der Waals surface area contributed by atoms with Gasteiger partial charge in [-0.3, -0.25) is 4.90 Å². The van der Waals surface area contributed by atoms with Crippen LogP contribution in [0.1, 0.15) is 32.2 Å². The van der Waals surface area contributed by atoms with E-state index in [2.05, 4.69) is 42.7 Å². The zero-order chi connectivity index (χ0) is 14.3. The van der Waals surface area contributed by atoms with E-state index in [0.717, 1.165) is 18.0 Å². The van der Waals surface area contributed by atoms with E-state index in [1.54, 1.807) is 0 Å². The van der Waals surface area contributed by atoms with E-state index in [1.165, 1.54) is 0 Å². The molecule has 0 saturated heterocycles. The van der Waals surface area contributed by atoms with Crippen LogP contribution in [0.25, 0.3) is 0 Å². The summed E-state index contributed by atoms with van der Waals surface area (Å²) in [5.74, 6) is 0.806. The number of aliphatic hydroxyl groups is 1. The molecule has 0 unspecified atom stereocenters. The maximum atomic E-state index is 8.99. The van der Waals surface area contributed by atoms with Gasteiger partial charge in [-0.05, 0) is 20.8 Å². The minimum Gasteiger partial charge on any atom is -0.395 e. The summed E-state index contributed by atoms with van der Waals surface area (Å²) < 4.78 is 5.31. The molecule has 1 aromatic rings. The van der Waals surface area contributed by atoms with Crippen LogP contribution < -0.4 is 5.32 Å². The summed E-state index contributed by atoms with van der Waals surface area (Å²) in [5, 5.41) is 16.4. The van der Waals surface area contributed by atoms with Crippen LogP contribution in [0.3, 0.4) is 0 Å². The Hall–Kier alpha value is -1.17. The second-order valence-electron chi connectivity index (χ2n) is 5.64. The predicted molar refractivity (Wildman–Crippen MR) is 75.7 cm³/mol. The Labute approximate surface area is 115 Å². The monoisotopic (exact) mass is 267 g/mol.